The van der Waals surface area contributed by atoms with Gasteiger partial charge in [-0.05, 0) is 41.4 Å². The van der Waals surface area contributed by atoms with Crippen LogP contribution in [0.1, 0.15) is 9.75 Å². The number of hydrogen-bond donors (Lipinski definition) is 0. The number of anilines is 1. The Morgan fingerprint density at radius 2 is 1.85 bits per heavy atom. The highest BCUT2D eigenvalue weighted by atomic mass is 32.2. The molecule has 0 saturated carbocycles. The number of aryl methyl sites for hydroxylation is 2. The monoisotopic (exact) mass is 498 g/mol. The van der Waals surface area contributed by atoms with Gasteiger partial charge in [0.25, 0.3) is 0 Å². The first-order chi connectivity index (χ1) is 16.3. The SMILES string of the molecule is O=C(CSc1nncn1CCc1cccs1)N(Cc1cccs1)c1ccc2c(c1)OCCO2. The minimum Gasteiger partial charge on any atom is -0.486 e. The Hall–Kier alpha value is -2.82. The van der Waals surface area contributed by atoms with E-state index in [1.165, 1.54) is 16.6 Å². The van der Waals surface area contributed by atoms with Gasteiger partial charge >= 0.3 is 0 Å². The predicted molar refractivity (Wildman–Crippen MR) is 132 cm³/mol. The number of rotatable bonds is 9. The maximum Gasteiger partial charge on any atom is 0.237 e. The molecule has 1 aliphatic heterocycles. The van der Waals surface area contributed by atoms with Crippen LogP contribution >= 0.6 is 34.4 Å². The van der Waals surface area contributed by atoms with E-state index >= 15 is 0 Å². The molecule has 0 bridgehead atoms. The number of thiophene rings is 2. The van der Waals surface area contributed by atoms with Crippen LogP contribution in [-0.2, 0) is 24.3 Å². The molecule has 10 heteroatoms. The summed E-state index contributed by atoms with van der Waals surface area (Å²) in [4.78, 5) is 17.6. The summed E-state index contributed by atoms with van der Waals surface area (Å²) in [6.07, 6.45) is 2.64. The molecular formula is C23H22N4O3S3. The molecule has 7 nitrogen and oxygen atoms in total. The summed E-state index contributed by atoms with van der Waals surface area (Å²) in [5.41, 5.74) is 0.789. The van der Waals surface area contributed by atoms with Gasteiger partial charge in [-0.1, -0.05) is 23.9 Å². The normalized spacial score (nSPS) is 12.6. The fourth-order valence-electron chi connectivity index (χ4n) is 3.48. The van der Waals surface area contributed by atoms with Crippen LogP contribution in [0.3, 0.4) is 0 Å². The van der Waals surface area contributed by atoms with E-state index in [0.717, 1.165) is 28.7 Å². The van der Waals surface area contributed by atoms with Crippen molar-refractivity contribution in [2.45, 2.75) is 24.7 Å². The summed E-state index contributed by atoms with van der Waals surface area (Å²) in [7, 11) is 0. The summed E-state index contributed by atoms with van der Waals surface area (Å²) in [5.74, 6) is 1.64. The van der Waals surface area contributed by atoms with Crippen LogP contribution in [0.2, 0.25) is 0 Å². The van der Waals surface area contributed by atoms with Crippen molar-refractivity contribution in [1.29, 1.82) is 0 Å². The molecule has 0 atom stereocenters. The summed E-state index contributed by atoms with van der Waals surface area (Å²) < 4.78 is 13.4. The highest BCUT2D eigenvalue weighted by Gasteiger charge is 2.21. The molecule has 0 saturated heterocycles. The highest BCUT2D eigenvalue weighted by molar-refractivity contribution is 7.99. The number of fused-ring (bicyclic) bond motifs is 1. The zero-order valence-electron chi connectivity index (χ0n) is 17.8. The van der Waals surface area contributed by atoms with Gasteiger partial charge < -0.3 is 18.9 Å². The fourth-order valence-corrected chi connectivity index (χ4v) is 5.69. The van der Waals surface area contributed by atoms with Gasteiger partial charge in [-0.25, -0.2) is 0 Å². The van der Waals surface area contributed by atoms with Crippen molar-refractivity contribution in [3.63, 3.8) is 0 Å². The Morgan fingerprint density at radius 3 is 2.64 bits per heavy atom. The van der Waals surface area contributed by atoms with Crippen molar-refractivity contribution in [2.24, 2.45) is 0 Å². The van der Waals surface area contributed by atoms with Crippen molar-refractivity contribution in [3.8, 4) is 11.5 Å². The molecule has 3 aromatic heterocycles. The maximum absolute atomic E-state index is 13.4. The summed E-state index contributed by atoms with van der Waals surface area (Å²) in [5, 5.41) is 13.1. The number of aromatic nitrogens is 3. The third-order valence-corrected chi connectivity index (χ3v) is 7.88. The molecule has 0 radical (unpaired) electrons. The molecule has 0 unspecified atom stereocenters. The van der Waals surface area contributed by atoms with E-state index in [1.807, 2.05) is 40.3 Å². The fraction of sp³-hybridized carbons (Fsp3) is 0.261. The van der Waals surface area contributed by atoms with Crippen molar-refractivity contribution in [3.05, 3.63) is 69.3 Å². The van der Waals surface area contributed by atoms with Gasteiger partial charge in [-0.2, -0.15) is 0 Å². The summed E-state index contributed by atoms with van der Waals surface area (Å²) in [6.45, 7) is 2.33. The summed E-state index contributed by atoms with van der Waals surface area (Å²) in [6, 6.07) is 13.9. The van der Waals surface area contributed by atoms with E-state index in [9.17, 15) is 4.79 Å². The van der Waals surface area contributed by atoms with Crippen LogP contribution < -0.4 is 14.4 Å². The van der Waals surface area contributed by atoms with E-state index in [4.69, 9.17) is 9.47 Å². The molecule has 5 rings (SSSR count). The van der Waals surface area contributed by atoms with Crippen molar-refractivity contribution >= 4 is 46.0 Å². The Balaban J connectivity index is 1.29. The van der Waals surface area contributed by atoms with Crippen LogP contribution in [0.4, 0.5) is 5.69 Å². The van der Waals surface area contributed by atoms with Gasteiger partial charge in [0, 0.05) is 28.1 Å². The van der Waals surface area contributed by atoms with E-state index in [1.54, 1.807) is 33.9 Å². The van der Waals surface area contributed by atoms with Crippen molar-refractivity contribution < 1.29 is 14.3 Å². The molecule has 33 heavy (non-hydrogen) atoms. The molecule has 4 aromatic rings. The van der Waals surface area contributed by atoms with Crippen molar-refractivity contribution in [1.82, 2.24) is 14.8 Å². The number of amides is 1. The molecule has 0 aliphatic carbocycles. The predicted octanol–water partition coefficient (Wildman–Crippen LogP) is 4.74. The largest absolute Gasteiger partial charge is 0.486 e. The minimum absolute atomic E-state index is 0.00196. The molecule has 1 amide bonds. The smallest absolute Gasteiger partial charge is 0.237 e. The molecule has 0 fully saturated rings. The molecule has 1 aliphatic rings. The van der Waals surface area contributed by atoms with Gasteiger partial charge in [0.05, 0.1) is 12.3 Å². The standard InChI is InChI=1S/C23H22N4O3S3/c28-22(15-33-23-25-24-16-26(23)8-7-18-3-1-11-31-18)27(14-19-4-2-12-32-19)17-5-6-20-21(13-17)30-10-9-29-20/h1-6,11-13,16H,7-10,14-15H2. The quantitative estimate of drug-likeness (QED) is 0.311. The first-order valence-corrected chi connectivity index (χ1v) is 13.3. The molecule has 4 heterocycles. The van der Waals surface area contributed by atoms with Crippen LogP contribution in [0.5, 0.6) is 11.5 Å². The van der Waals surface area contributed by atoms with Crippen LogP contribution in [0.15, 0.2) is 64.7 Å². The van der Waals surface area contributed by atoms with Gasteiger partial charge in [-0.15, -0.1) is 32.9 Å². The van der Waals surface area contributed by atoms with Crippen LogP contribution in [0.25, 0.3) is 0 Å². The lowest BCUT2D eigenvalue weighted by Gasteiger charge is -2.25. The summed E-state index contributed by atoms with van der Waals surface area (Å²) >= 11 is 4.79. The second kappa shape index (κ2) is 10.4. The number of carbonyl (C=O) groups excluding carboxylic acids is 1. The van der Waals surface area contributed by atoms with Gasteiger partial charge in [0.2, 0.25) is 5.91 Å². The van der Waals surface area contributed by atoms with E-state index < -0.39 is 0 Å². The Morgan fingerprint density at radius 1 is 1.06 bits per heavy atom. The number of nitrogens with zero attached hydrogens (tertiary/aromatic N) is 4. The van der Waals surface area contributed by atoms with Gasteiger partial charge in [0.15, 0.2) is 16.7 Å². The Kier molecular flexibility index (Phi) is 6.94. The Labute approximate surface area is 204 Å². The number of thioether (sulfide) groups is 1. The first kappa shape index (κ1) is 22.0. The van der Waals surface area contributed by atoms with Gasteiger partial charge in [-0.3, -0.25) is 4.79 Å². The van der Waals surface area contributed by atoms with Gasteiger partial charge in [0.1, 0.15) is 19.5 Å². The van der Waals surface area contributed by atoms with Crippen LogP contribution in [0, 0.1) is 0 Å². The minimum atomic E-state index is -0.00196. The lowest BCUT2D eigenvalue weighted by molar-refractivity contribution is -0.116. The molecule has 0 spiro atoms. The molecule has 170 valence electrons. The molecule has 1 aromatic carbocycles. The Bertz CT molecular complexity index is 1190. The maximum atomic E-state index is 13.4. The zero-order valence-corrected chi connectivity index (χ0v) is 20.2. The number of hydrogen-bond acceptors (Lipinski definition) is 8. The van der Waals surface area contributed by atoms with E-state index in [0.29, 0.717) is 31.3 Å². The topological polar surface area (TPSA) is 69.5 Å². The molecule has 0 N–H and O–H groups in total. The van der Waals surface area contributed by atoms with Crippen LogP contribution in [-0.4, -0.2) is 39.6 Å². The van der Waals surface area contributed by atoms with Crippen molar-refractivity contribution in [2.75, 3.05) is 23.9 Å². The highest BCUT2D eigenvalue weighted by Crippen LogP contribution is 2.35. The third kappa shape index (κ3) is 5.40. The second-order valence-electron chi connectivity index (χ2n) is 7.31. The number of benzene rings is 1. The second-order valence-corrected chi connectivity index (χ2v) is 10.3. The van der Waals surface area contributed by atoms with E-state index in [-0.39, 0.29) is 11.7 Å². The lowest BCUT2D eigenvalue weighted by atomic mass is 10.2. The third-order valence-electron chi connectivity index (χ3n) is 5.12. The average Bonchev–Trinajstić information content (AvgIpc) is 3.62. The number of carbonyl (C=O) groups is 1. The number of ether oxygens (including phenoxy) is 2. The first-order valence-electron chi connectivity index (χ1n) is 10.5. The average molecular weight is 499 g/mol. The van der Waals surface area contributed by atoms with E-state index in [2.05, 4.69) is 27.7 Å². The zero-order chi connectivity index (χ0) is 22.5. The molecular weight excluding hydrogens is 476 g/mol. The lowest BCUT2D eigenvalue weighted by Crippen LogP contribution is -2.32.